The molecule has 1 amide bonds. The van der Waals surface area contributed by atoms with Crippen LogP contribution in [0.1, 0.15) is 40.0 Å². The molecule has 0 aliphatic carbocycles. The molecule has 1 atom stereocenters. The fourth-order valence-corrected chi connectivity index (χ4v) is 4.43. The van der Waals surface area contributed by atoms with Gasteiger partial charge in [-0.1, -0.05) is 53.6 Å². The van der Waals surface area contributed by atoms with E-state index >= 15 is 0 Å². The molecule has 0 aliphatic heterocycles. The van der Waals surface area contributed by atoms with Crippen LogP contribution in [0.3, 0.4) is 0 Å². The van der Waals surface area contributed by atoms with Gasteiger partial charge >= 0.3 is 0 Å². The summed E-state index contributed by atoms with van der Waals surface area (Å²) < 4.78 is 27.6. The molecular weight excluding hydrogens is 420 g/mol. The quantitative estimate of drug-likeness (QED) is 0.547. The minimum Gasteiger partial charge on any atom is -0.345 e. The van der Waals surface area contributed by atoms with Gasteiger partial charge in [-0.05, 0) is 62.2 Å². The number of rotatable bonds is 6. The van der Waals surface area contributed by atoms with Crippen molar-refractivity contribution in [2.45, 2.75) is 31.7 Å². The van der Waals surface area contributed by atoms with Gasteiger partial charge in [-0.25, -0.2) is 8.42 Å². The molecule has 0 aliphatic rings. The summed E-state index contributed by atoms with van der Waals surface area (Å²) in [4.78, 5) is 13.0. The van der Waals surface area contributed by atoms with E-state index < -0.39 is 10.0 Å². The normalized spacial score (nSPS) is 12.3. The van der Waals surface area contributed by atoms with E-state index in [0.29, 0.717) is 0 Å². The number of halogens is 1. The SMILES string of the molecule is Cc1ccc(C)c([C@H](C)NC(=O)c2cc(NS(=O)(=O)c3ccccc3)ccc2Cl)c1. The number of nitrogens with one attached hydrogen (secondary N) is 2. The Hall–Kier alpha value is -2.83. The van der Waals surface area contributed by atoms with Crippen molar-refractivity contribution in [3.8, 4) is 0 Å². The summed E-state index contributed by atoms with van der Waals surface area (Å²) in [5.41, 5.74) is 3.64. The highest BCUT2D eigenvalue weighted by atomic mass is 35.5. The van der Waals surface area contributed by atoms with Gasteiger partial charge in [0.15, 0.2) is 0 Å². The number of carbonyl (C=O) groups is 1. The molecule has 0 aromatic heterocycles. The van der Waals surface area contributed by atoms with Crippen LogP contribution in [0, 0.1) is 13.8 Å². The van der Waals surface area contributed by atoms with Gasteiger partial charge in [0.25, 0.3) is 15.9 Å². The Morgan fingerprint density at radius 1 is 0.967 bits per heavy atom. The molecule has 3 aromatic carbocycles. The summed E-state index contributed by atoms with van der Waals surface area (Å²) in [6.07, 6.45) is 0. The molecule has 0 fully saturated rings. The zero-order chi connectivity index (χ0) is 21.9. The van der Waals surface area contributed by atoms with Crippen molar-refractivity contribution in [2.75, 3.05) is 4.72 Å². The van der Waals surface area contributed by atoms with Gasteiger partial charge in [-0.3, -0.25) is 9.52 Å². The van der Waals surface area contributed by atoms with Crippen LogP contribution in [0.4, 0.5) is 5.69 Å². The van der Waals surface area contributed by atoms with Crippen molar-refractivity contribution in [1.82, 2.24) is 5.32 Å². The van der Waals surface area contributed by atoms with Crippen LogP contribution in [0.25, 0.3) is 0 Å². The first-order valence-electron chi connectivity index (χ1n) is 9.43. The van der Waals surface area contributed by atoms with E-state index in [0.717, 1.165) is 16.7 Å². The van der Waals surface area contributed by atoms with Crippen LogP contribution >= 0.6 is 11.6 Å². The molecule has 0 unspecified atom stereocenters. The molecule has 2 N–H and O–H groups in total. The highest BCUT2D eigenvalue weighted by Crippen LogP contribution is 2.25. The maximum absolute atomic E-state index is 12.9. The zero-order valence-electron chi connectivity index (χ0n) is 16.9. The van der Waals surface area contributed by atoms with Crippen LogP contribution in [0.15, 0.2) is 71.6 Å². The molecule has 0 radical (unpaired) electrons. The molecule has 156 valence electrons. The lowest BCUT2D eigenvalue weighted by molar-refractivity contribution is 0.0940. The summed E-state index contributed by atoms with van der Waals surface area (Å²) in [7, 11) is -3.77. The van der Waals surface area contributed by atoms with Crippen LogP contribution in [0.2, 0.25) is 5.02 Å². The summed E-state index contributed by atoms with van der Waals surface area (Å²) in [5, 5.41) is 3.18. The highest BCUT2D eigenvalue weighted by Gasteiger charge is 2.19. The van der Waals surface area contributed by atoms with Crippen molar-refractivity contribution in [3.63, 3.8) is 0 Å². The van der Waals surface area contributed by atoms with Crippen molar-refractivity contribution in [1.29, 1.82) is 0 Å². The average Bonchev–Trinajstić information content (AvgIpc) is 2.71. The Kier molecular flexibility index (Phi) is 6.48. The first kappa shape index (κ1) is 21.9. The number of amides is 1. The Balaban J connectivity index is 1.82. The molecule has 3 aromatic rings. The number of hydrogen-bond donors (Lipinski definition) is 2. The maximum atomic E-state index is 12.9. The fraction of sp³-hybridized carbons (Fsp3) is 0.174. The monoisotopic (exact) mass is 442 g/mol. The lowest BCUT2D eigenvalue weighted by atomic mass is 9.99. The molecule has 0 heterocycles. The predicted octanol–water partition coefficient (Wildman–Crippen LogP) is 5.25. The zero-order valence-corrected chi connectivity index (χ0v) is 18.5. The number of aryl methyl sites for hydroxylation is 2. The van der Waals surface area contributed by atoms with Gasteiger partial charge in [0.05, 0.1) is 21.5 Å². The van der Waals surface area contributed by atoms with Gasteiger partial charge in [0.1, 0.15) is 0 Å². The van der Waals surface area contributed by atoms with E-state index in [4.69, 9.17) is 11.6 Å². The van der Waals surface area contributed by atoms with Crippen LogP contribution in [-0.2, 0) is 10.0 Å². The number of carbonyl (C=O) groups excluding carboxylic acids is 1. The average molecular weight is 443 g/mol. The Labute approximate surface area is 182 Å². The van der Waals surface area contributed by atoms with E-state index in [1.807, 2.05) is 39.0 Å². The first-order valence-corrected chi connectivity index (χ1v) is 11.3. The molecule has 0 bridgehead atoms. The third kappa shape index (κ3) is 5.01. The standard InChI is InChI=1S/C23H23ClN2O3S/c1-15-9-10-16(2)20(13-15)17(3)25-23(27)21-14-18(11-12-22(21)24)26-30(28,29)19-7-5-4-6-8-19/h4-14,17,26H,1-3H3,(H,25,27)/t17-/m0/s1. The topological polar surface area (TPSA) is 75.3 Å². The second kappa shape index (κ2) is 8.90. The smallest absolute Gasteiger partial charge is 0.261 e. The molecule has 0 saturated heterocycles. The van der Waals surface area contributed by atoms with Crippen LogP contribution < -0.4 is 10.0 Å². The van der Waals surface area contributed by atoms with Gasteiger partial charge in [-0.15, -0.1) is 0 Å². The summed E-state index contributed by atoms with van der Waals surface area (Å²) in [6.45, 7) is 5.88. The number of sulfonamides is 1. The summed E-state index contributed by atoms with van der Waals surface area (Å²) >= 11 is 6.23. The Morgan fingerprint density at radius 3 is 2.37 bits per heavy atom. The van der Waals surface area contributed by atoms with Gasteiger partial charge < -0.3 is 5.32 Å². The fourth-order valence-electron chi connectivity index (χ4n) is 3.16. The number of benzene rings is 3. The highest BCUT2D eigenvalue weighted by molar-refractivity contribution is 7.92. The van der Waals surface area contributed by atoms with Crippen LogP contribution in [-0.4, -0.2) is 14.3 Å². The molecule has 7 heteroatoms. The molecule has 0 saturated carbocycles. The van der Waals surface area contributed by atoms with E-state index in [2.05, 4.69) is 10.0 Å². The summed E-state index contributed by atoms with van der Waals surface area (Å²) in [5.74, 6) is -0.380. The van der Waals surface area contributed by atoms with Gasteiger partial charge in [-0.2, -0.15) is 0 Å². The first-order chi connectivity index (χ1) is 14.2. The third-order valence-electron chi connectivity index (χ3n) is 4.77. The molecule has 0 spiro atoms. The van der Waals surface area contributed by atoms with Crippen molar-refractivity contribution >= 4 is 33.2 Å². The van der Waals surface area contributed by atoms with E-state index in [1.165, 1.54) is 30.3 Å². The van der Waals surface area contributed by atoms with Crippen molar-refractivity contribution < 1.29 is 13.2 Å². The van der Waals surface area contributed by atoms with Crippen LogP contribution in [0.5, 0.6) is 0 Å². The third-order valence-corrected chi connectivity index (χ3v) is 6.49. The Morgan fingerprint density at radius 2 is 1.67 bits per heavy atom. The van der Waals surface area contributed by atoms with E-state index in [-0.39, 0.29) is 33.1 Å². The second-order valence-corrected chi connectivity index (χ2v) is 9.26. The maximum Gasteiger partial charge on any atom is 0.261 e. The molecule has 30 heavy (non-hydrogen) atoms. The molecule has 5 nitrogen and oxygen atoms in total. The number of hydrogen-bond acceptors (Lipinski definition) is 3. The molecule has 3 rings (SSSR count). The van der Waals surface area contributed by atoms with E-state index in [9.17, 15) is 13.2 Å². The second-order valence-electron chi connectivity index (χ2n) is 7.17. The minimum atomic E-state index is -3.77. The largest absolute Gasteiger partial charge is 0.345 e. The number of anilines is 1. The Bertz CT molecular complexity index is 1180. The van der Waals surface area contributed by atoms with Gasteiger partial charge in [0.2, 0.25) is 0 Å². The molecular formula is C23H23ClN2O3S. The predicted molar refractivity (Wildman–Crippen MR) is 120 cm³/mol. The van der Waals surface area contributed by atoms with E-state index in [1.54, 1.807) is 18.2 Å². The van der Waals surface area contributed by atoms with Gasteiger partial charge in [0, 0.05) is 5.69 Å². The lowest BCUT2D eigenvalue weighted by Gasteiger charge is -2.18. The van der Waals surface area contributed by atoms with Crippen molar-refractivity contribution in [3.05, 3.63) is 94.0 Å². The van der Waals surface area contributed by atoms with Crippen molar-refractivity contribution in [2.24, 2.45) is 0 Å². The lowest BCUT2D eigenvalue weighted by Crippen LogP contribution is -2.27. The summed E-state index contributed by atoms with van der Waals surface area (Å²) in [6, 6.07) is 18.3. The minimum absolute atomic E-state index is 0.134.